The summed E-state index contributed by atoms with van der Waals surface area (Å²) in [7, 11) is 0. The molecule has 2 aromatic rings. The minimum atomic E-state index is -0.729. The molecule has 3 unspecified atom stereocenters. The van der Waals surface area contributed by atoms with E-state index in [0.29, 0.717) is 24.9 Å². The van der Waals surface area contributed by atoms with Gasteiger partial charge in [-0.2, -0.15) is 0 Å². The topological polar surface area (TPSA) is 78.8 Å². The van der Waals surface area contributed by atoms with E-state index in [-0.39, 0.29) is 37.4 Å². The molecule has 0 bridgehead atoms. The molecular weight excluding hydrogens is 378 g/mol. The monoisotopic (exact) mass is 407 g/mol. The Balaban J connectivity index is 0.00000392. The summed E-state index contributed by atoms with van der Waals surface area (Å²) < 4.78 is 5.83. The van der Waals surface area contributed by atoms with Crippen LogP contribution in [0.2, 0.25) is 0 Å². The van der Waals surface area contributed by atoms with Crippen molar-refractivity contribution >= 4 is 18.2 Å². The molecular formula is C22H30ClNO4. The highest BCUT2D eigenvalue weighted by Gasteiger charge is 2.22. The maximum absolute atomic E-state index is 12.9. The van der Waals surface area contributed by atoms with Crippen molar-refractivity contribution in [1.82, 2.24) is 5.32 Å². The Kier molecular flexibility index (Phi) is 11.6. The molecule has 5 nitrogen and oxygen atoms in total. The van der Waals surface area contributed by atoms with Crippen molar-refractivity contribution in [2.45, 2.75) is 38.0 Å². The van der Waals surface area contributed by atoms with Crippen LogP contribution in [-0.2, 0) is 11.2 Å². The van der Waals surface area contributed by atoms with Crippen molar-refractivity contribution in [3.05, 3.63) is 71.8 Å². The van der Waals surface area contributed by atoms with Gasteiger partial charge in [0.25, 0.3) is 0 Å². The van der Waals surface area contributed by atoms with Crippen molar-refractivity contribution in [3.63, 3.8) is 0 Å². The second kappa shape index (κ2) is 13.4. The van der Waals surface area contributed by atoms with Crippen molar-refractivity contribution in [2.75, 3.05) is 19.8 Å². The van der Waals surface area contributed by atoms with Gasteiger partial charge in [-0.1, -0.05) is 60.7 Å². The van der Waals surface area contributed by atoms with E-state index in [9.17, 15) is 9.90 Å². The molecule has 154 valence electrons. The highest BCUT2D eigenvalue weighted by molar-refractivity contribution is 5.99. The summed E-state index contributed by atoms with van der Waals surface area (Å²) in [5, 5.41) is 22.2. The average Bonchev–Trinajstić information content (AvgIpc) is 2.70. The SMILES string of the molecule is CC(CCO)NCC(O)COC(Cc1ccccc1)C(=O)c1ccccc1.Cl. The lowest BCUT2D eigenvalue weighted by Gasteiger charge is -2.21. The molecule has 3 N–H and O–H groups in total. The van der Waals surface area contributed by atoms with Gasteiger partial charge in [0.15, 0.2) is 5.78 Å². The normalized spacial score (nSPS) is 14.0. The average molecular weight is 408 g/mol. The van der Waals surface area contributed by atoms with Crippen LogP contribution in [0, 0.1) is 0 Å². The molecule has 0 aromatic heterocycles. The minimum Gasteiger partial charge on any atom is -0.396 e. The molecule has 0 spiro atoms. The molecule has 0 aliphatic carbocycles. The van der Waals surface area contributed by atoms with Crippen LogP contribution < -0.4 is 5.32 Å². The predicted octanol–water partition coefficient (Wildman–Crippen LogP) is 2.64. The number of rotatable bonds is 12. The molecule has 2 aromatic carbocycles. The smallest absolute Gasteiger partial charge is 0.191 e. The van der Waals surface area contributed by atoms with Gasteiger partial charge in [-0.15, -0.1) is 12.4 Å². The number of benzene rings is 2. The summed E-state index contributed by atoms with van der Waals surface area (Å²) >= 11 is 0. The van der Waals surface area contributed by atoms with E-state index in [0.717, 1.165) is 5.56 Å². The number of aliphatic hydroxyl groups excluding tert-OH is 2. The van der Waals surface area contributed by atoms with Gasteiger partial charge in [0.1, 0.15) is 6.10 Å². The number of halogens is 1. The van der Waals surface area contributed by atoms with E-state index in [2.05, 4.69) is 5.32 Å². The third-order valence-electron chi connectivity index (χ3n) is 4.37. The molecule has 2 rings (SSSR count). The van der Waals surface area contributed by atoms with E-state index in [4.69, 9.17) is 9.84 Å². The molecule has 0 aliphatic rings. The van der Waals surface area contributed by atoms with E-state index < -0.39 is 12.2 Å². The zero-order valence-electron chi connectivity index (χ0n) is 16.2. The van der Waals surface area contributed by atoms with Crippen LogP contribution in [0.5, 0.6) is 0 Å². The van der Waals surface area contributed by atoms with Gasteiger partial charge in [0.2, 0.25) is 0 Å². The molecule has 0 amide bonds. The summed E-state index contributed by atoms with van der Waals surface area (Å²) in [4.78, 5) is 12.9. The molecule has 0 saturated carbocycles. The number of ketones is 1. The van der Waals surface area contributed by atoms with Crippen LogP contribution in [0.3, 0.4) is 0 Å². The van der Waals surface area contributed by atoms with Crippen LogP contribution in [-0.4, -0.2) is 54.0 Å². The zero-order chi connectivity index (χ0) is 19.5. The number of carbonyl (C=O) groups is 1. The van der Waals surface area contributed by atoms with Crippen LogP contribution in [0.4, 0.5) is 0 Å². The highest BCUT2D eigenvalue weighted by atomic mass is 35.5. The molecule has 3 atom stereocenters. The van der Waals surface area contributed by atoms with Gasteiger partial charge in [-0.3, -0.25) is 4.79 Å². The molecule has 28 heavy (non-hydrogen) atoms. The summed E-state index contributed by atoms with van der Waals surface area (Å²) in [6.45, 7) is 2.46. The third-order valence-corrected chi connectivity index (χ3v) is 4.37. The van der Waals surface area contributed by atoms with Crippen molar-refractivity contribution < 1.29 is 19.7 Å². The summed E-state index contributed by atoms with van der Waals surface area (Å²) in [5.74, 6) is -0.0896. The van der Waals surface area contributed by atoms with Gasteiger partial charge < -0.3 is 20.3 Å². The first kappa shape index (κ1) is 24.3. The Labute approximate surface area is 173 Å². The first-order valence-corrected chi connectivity index (χ1v) is 9.37. The minimum absolute atomic E-state index is 0. The van der Waals surface area contributed by atoms with Gasteiger partial charge in [-0.05, 0) is 18.9 Å². The predicted molar refractivity (Wildman–Crippen MR) is 113 cm³/mol. The molecule has 0 fully saturated rings. The third kappa shape index (κ3) is 8.50. The largest absolute Gasteiger partial charge is 0.396 e. The highest BCUT2D eigenvalue weighted by Crippen LogP contribution is 2.13. The van der Waals surface area contributed by atoms with Gasteiger partial charge >= 0.3 is 0 Å². The van der Waals surface area contributed by atoms with Crippen molar-refractivity contribution in [2.24, 2.45) is 0 Å². The lowest BCUT2D eigenvalue weighted by Crippen LogP contribution is -2.38. The van der Waals surface area contributed by atoms with Crippen LogP contribution in [0.25, 0.3) is 0 Å². The molecule has 0 aliphatic heterocycles. The van der Waals surface area contributed by atoms with Crippen LogP contribution in [0.15, 0.2) is 60.7 Å². The fourth-order valence-electron chi connectivity index (χ4n) is 2.76. The number of Topliss-reactive ketones (excluding diaryl/α,β-unsaturated/α-hetero) is 1. The Morgan fingerprint density at radius 3 is 2.29 bits per heavy atom. The summed E-state index contributed by atoms with van der Waals surface area (Å²) in [6, 6.07) is 18.9. The first-order valence-electron chi connectivity index (χ1n) is 9.37. The number of carbonyl (C=O) groups excluding carboxylic acids is 1. The lowest BCUT2D eigenvalue weighted by atomic mass is 10.00. The van der Waals surface area contributed by atoms with E-state index in [1.807, 2.05) is 55.5 Å². The molecule has 0 saturated heterocycles. The molecule has 0 heterocycles. The van der Waals surface area contributed by atoms with Gasteiger partial charge in [0.05, 0.1) is 12.7 Å². The zero-order valence-corrected chi connectivity index (χ0v) is 17.0. The van der Waals surface area contributed by atoms with E-state index in [1.165, 1.54) is 0 Å². The van der Waals surface area contributed by atoms with E-state index in [1.54, 1.807) is 12.1 Å². The van der Waals surface area contributed by atoms with Gasteiger partial charge in [-0.25, -0.2) is 0 Å². The summed E-state index contributed by atoms with van der Waals surface area (Å²) in [6.07, 6.45) is -0.306. The number of hydrogen-bond donors (Lipinski definition) is 3. The van der Waals surface area contributed by atoms with Crippen LogP contribution >= 0.6 is 12.4 Å². The number of ether oxygens (including phenoxy) is 1. The number of nitrogens with one attached hydrogen (secondary N) is 1. The van der Waals surface area contributed by atoms with Crippen LogP contribution in [0.1, 0.15) is 29.3 Å². The Bertz CT molecular complexity index is 669. The summed E-state index contributed by atoms with van der Waals surface area (Å²) in [5.41, 5.74) is 1.61. The fourth-order valence-corrected chi connectivity index (χ4v) is 2.76. The first-order chi connectivity index (χ1) is 13.1. The quantitative estimate of drug-likeness (QED) is 0.471. The molecule has 0 radical (unpaired) electrons. The Hall–Kier alpha value is -1.76. The number of hydrogen-bond acceptors (Lipinski definition) is 5. The number of aliphatic hydroxyl groups is 2. The second-order valence-corrected chi connectivity index (χ2v) is 6.72. The van der Waals surface area contributed by atoms with Crippen molar-refractivity contribution in [3.8, 4) is 0 Å². The second-order valence-electron chi connectivity index (χ2n) is 6.72. The fraction of sp³-hybridized carbons (Fsp3) is 0.409. The standard InChI is InChI=1S/C22H29NO4.ClH/c1-17(12-13-24)23-15-20(25)16-27-21(14-18-8-4-2-5-9-18)22(26)19-10-6-3-7-11-19;/h2-11,17,20-21,23-25H,12-16H2,1H3;1H. The van der Waals surface area contributed by atoms with E-state index >= 15 is 0 Å². The lowest BCUT2D eigenvalue weighted by molar-refractivity contribution is -0.00247. The maximum atomic E-state index is 12.9. The molecule has 6 heteroatoms. The van der Waals surface area contributed by atoms with Gasteiger partial charge in [0, 0.05) is 31.2 Å². The van der Waals surface area contributed by atoms with Crippen molar-refractivity contribution in [1.29, 1.82) is 0 Å². The Morgan fingerprint density at radius 1 is 1.07 bits per heavy atom. The Morgan fingerprint density at radius 2 is 1.68 bits per heavy atom. The maximum Gasteiger partial charge on any atom is 0.191 e.